The van der Waals surface area contributed by atoms with Crippen molar-refractivity contribution in [3.63, 3.8) is 0 Å². The van der Waals surface area contributed by atoms with Crippen molar-refractivity contribution in [2.75, 3.05) is 13.7 Å². The van der Waals surface area contributed by atoms with Gasteiger partial charge >= 0.3 is 12.1 Å². The molecule has 0 spiro atoms. The molecule has 2 aromatic carbocycles. The molecule has 6 nitrogen and oxygen atoms in total. The normalized spacial score (nSPS) is 15.8. The maximum Gasteiger partial charge on any atom is 0.411 e. The summed E-state index contributed by atoms with van der Waals surface area (Å²) in [4.78, 5) is 26.6. The molecule has 1 heterocycles. The fourth-order valence-corrected chi connectivity index (χ4v) is 3.53. The number of carbonyl (C=O) groups is 2. The molecule has 31 heavy (non-hydrogen) atoms. The molecule has 1 atom stereocenters. The van der Waals surface area contributed by atoms with Gasteiger partial charge in [0.2, 0.25) is 0 Å². The average molecular weight is 450 g/mol. The van der Waals surface area contributed by atoms with Gasteiger partial charge in [-0.1, -0.05) is 23.7 Å². The molecule has 2 aromatic rings. The Morgan fingerprint density at radius 1 is 1.19 bits per heavy atom. The monoisotopic (exact) mass is 449 g/mol. The van der Waals surface area contributed by atoms with E-state index in [0.29, 0.717) is 28.3 Å². The minimum Gasteiger partial charge on any atom is -0.489 e. The molecule has 1 aliphatic heterocycles. The van der Waals surface area contributed by atoms with Crippen LogP contribution in [0.3, 0.4) is 0 Å². The topological polar surface area (TPSA) is 65.1 Å². The van der Waals surface area contributed by atoms with Crippen molar-refractivity contribution in [3.05, 3.63) is 63.9 Å². The highest BCUT2D eigenvalue weighted by molar-refractivity contribution is 6.30. The molecule has 0 unspecified atom stereocenters. The lowest BCUT2D eigenvalue weighted by atomic mass is 9.92. The van der Waals surface area contributed by atoms with Crippen LogP contribution in [0.2, 0.25) is 5.02 Å². The quantitative estimate of drug-likeness (QED) is 0.610. The summed E-state index contributed by atoms with van der Waals surface area (Å²) in [5.41, 5.74) is 1.19. The fraction of sp³-hybridized carbons (Fsp3) is 0.391. The van der Waals surface area contributed by atoms with E-state index in [2.05, 4.69) is 0 Å². The van der Waals surface area contributed by atoms with Crippen molar-refractivity contribution < 1.29 is 28.2 Å². The molecule has 0 saturated heterocycles. The van der Waals surface area contributed by atoms with Crippen LogP contribution >= 0.6 is 11.6 Å². The lowest BCUT2D eigenvalue weighted by molar-refractivity contribution is -0.147. The van der Waals surface area contributed by atoms with Crippen molar-refractivity contribution in [2.24, 2.45) is 0 Å². The number of nitrogens with zero attached hydrogens (tertiary/aromatic N) is 1. The number of fused-ring (bicyclic) bond motifs is 1. The predicted molar refractivity (Wildman–Crippen MR) is 114 cm³/mol. The van der Waals surface area contributed by atoms with Crippen LogP contribution in [0, 0.1) is 5.82 Å². The predicted octanol–water partition coefficient (Wildman–Crippen LogP) is 5.07. The molecule has 0 fully saturated rings. The third-order valence-electron chi connectivity index (χ3n) is 4.80. The second-order valence-electron chi connectivity index (χ2n) is 8.23. The lowest BCUT2D eigenvalue weighted by Crippen LogP contribution is -2.46. The Balaban J connectivity index is 1.82. The first kappa shape index (κ1) is 22.9. The van der Waals surface area contributed by atoms with E-state index in [1.807, 2.05) is 0 Å². The van der Waals surface area contributed by atoms with E-state index >= 15 is 0 Å². The summed E-state index contributed by atoms with van der Waals surface area (Å²) in [5, 5.41) is 0.318. The van der Waals surface area contributed by atoms with Gasteiger partial charge in [-0.05, 0) is 62.6 Å². The summed E-state index contributed by atoms with van der Waals surface area (Å²) in [7, 11) is 1.28. The first-order valence-corrected chi connectivity index (χ1v) is 10.2. The van der Waals surface area contributed by atoms with Crippen molar-refractivity contribution in [2.45, 2.75) is 45.4 Å². The third kappa shape index (κ3) is 5.47. The maximum atomic E-state index is 14.0. The summed E-state index contributed by atoms with van der Waals surface area (Å²) in [6.45, 7) is 5.62. The zero-order valence-corrected chi connectivity index (χ0v) is 18.7. The van der Waals surface area contributed by atoms with Crippen LogP contribution in [-0.2, 0) is 27.3 Å². The zero-order chi connectivity index (χ0) is 22.8. The number of halogens is 2. The summed E-state index contributed by atoms with van der Waals surface area (Å²) in [6, 6.07) is 8.70. The average Bonchev–Trinajstić information content (AvgIpc) is 2.70. The van der Waals surface area contributed by atoms with Crippen LogP contribution in [0.4, 0.5) is 9.18 Å². The summed E-state index contributed by atoms with van der Waals surface area (Å²) in [5.74, 6) is -0.463. The van der Waals surface area contributed by atoms with Crippen LogP contribution in [0.25, 0.3) is 0 Å². The summed E-state index contributed by atoms with van der Waals surface area (Å²) in [6.07, 6.45) is -0.0683. The van der Waals surface area contributed by atoms with Gasteiger partial charge in [0, 0.05) is 17.1 Å². The van der Waals surface area contributed by atoms with E-state index in [0.717, 1.165) is 5.56 Å². The van der Waals surface area contributed by atoms with Gasteiger partial charge in [-0.15, -0.1) is 0 Å². The minimum atomic E-state index is -0.911. The van der Waals surface area contributed by atoms with Crippen LogP contribution in [0.5, 0.6) is 5.75 Å². The standard InChI is InChI=1S/C23H25ClFNO5/c1-23(2,3)31-22(28)26-10-9-14-11-17(7-8-18(14)20(26)21(27)29-4)30-13-15-5-6-16(24)12-19(15)25/h5-8,11-12,20H,9-10,13H2,1-4H3/t20-/m1/s1. The number of hydrogen-bond acceptors (Lipinski definition) is 5. The Labute approximate surface area is 185 Å². The first-order valence-electron chi connectivity index (χ1n) is 9.86. The molecule has 3 rings (SSSR count). The molecule has 1 amide bonds. The highest BCUT2D eigenvalue weighted by Gasteiger charge is 2.39. The number of benzene rings is 2. The Kier molecular flexibility index (Phi) is 6.74. The molecule has 0 saturated carbocycles. The van der Waals surface area contributed by atoms with Gasteiger partial charge in [0.25, 0.3) is 0 Å². The van der Waals surface area contributed by atoms with Crippen molar-refractivity contribution in [1.29, 1.82) is 0 Å². The number of ether oxygens (including phenoxy) is 3. The second kappa shape index (κ2) is 9.14. The Hall–Kier alpha value is -2.80. The van der Waals surface area contributed by atoms with Gasteiger partial charge in [0.1, 0.15) is 23.8 Å². The van der Waals surface area contributed by atoms with Gasteiger partial charge < -0.3 is 14.2 Å². The molecule has 166 valence electrons. The number of rotatable bonds is 4. The molecule has 0 radical (unpaired) electrons. The Morgan fingerprint density at radius 2 is 1.94 bits per heavy atom. The summed E-state index contributed by atoms with van der Waals surface area (Å²) < 4.78 is 30.1. The molecular weight excluding hydrogens is 425 g/mol. The first-order chi connectivity index (χ1) is 14.6. The second-order valence-corrected chi connectivity index (χ2v) is 8.67. The van der Waals surface area contributed by atoms with Gasteiger partial charge in [0.05, 0.1) is 7.11 Å². The molecule has 0 aromatic heterocycles. The highest BCUT2D eigenvalue weighted by atomic mass is 35.5. The molecule has 0 N–H and O–H groups in total. The van der Waals surface area contributed by atoms with Crippen LogP contribution < -0.4 is 4.74 Å². The highest BCUT2D eigenvalue weighted by Crippen LogP contribution is 2.34. The third-order valence-corrected chi connectivity index (χ3v) is 5.04. The van der Waals surface area contributed by atoms with E-state index in [1.165, 1.54) is 18.1 Å². The summed E-state index contributed by atoms with van der Waals surface area (Å²) >= 11 is 5.78. The maximum absolute atomic E-state index is 14.0. The van der Waals surface area contributed by atoms with Crippen LogP contribution in [-0.4, -0.2) is 36.2 Å². The number of hydrogen-bond donors (Lipinski definition) is 0. The number of esters is 1. The molecule has 0 bridgehead atoms. The number of carbonyl (C=O) groups excluding carboxylic acids is 2. The van der Waals surface area contributed by atoms with Crippen LogP contribution in [0.1, 0.15) is 43.5 Å². The Morgan fingerprint density at radius 3 is 2.58 bits per heavy atom. The largest absolute Gasteiger partial charge is 0.489 e. The molecule has 0 aliphatic carbocycles. The van der Waals surface area contributed by atoms with E-state index < -0.39 is 29.5 Å². The zero-order valence-electron chi connectivity index (χ0n) is 17.9. The number of methoxy groups -OCH3 is 1. The van der Waals surface area contributed by atoms with Crippen molar-refractivity contribution in [3.8, 4) is 5.75 Å². The smallest absolute Gasteiger partial charge is 0.411 e. The fourth-order valence-electron chi connectivity index (χ4n) is 3.38. The molecular formula is C23H25ClFNO5. The minimum absolute atomic E-state index is 0.0340. The van der Waals surface area contributed by atoms with Crippen LogP contribution in [0.15, 0.2) is 36.4 Å². The van der Waals surface area contributed by atoms with E-state index in [4.69, 9.17) is 25.8 Å². The SMILES string of the molecule is COC(=O)[C@H]1c2ccc(OCc3ccc(Cl)cc3F)cc2CCN1C(=O)OC(C)(C)C. The van der Waals surface area contributed by atoms with Gasteiger partial charge in [-0.3, -0.25) is 4.90 Å². The molecule has 1 aliphatic rings. The van der Waals surface area contributed by atoms with Gasteiger partial charge in [-0.2, -0.15) is 0 Å². The Bertz CT molecular complexity index is 988. The van der Waals surface area contributed by atoms with Gasteiger partial charge in [0.15, 0.2) is 6.04 Å². The van der Waals surface area contributed by atoms with E-state index in [9.17, 15) is 14.0 Å². The van der Waals surface area contributed by atoms with E-state index in [-0.39, 0.29) is 13.2 Å². The van der Waals surface area contributed by atoms with Crippen molar-refractivity contribution >= 4 is 23.7 Å². The lowest BCUT2D eigenvalue weighted by Gasteiger charge is -2.36. The van der Waals surface area contributed by atoms with Crippen molar-refractivity contribution in [1.82, 2.24) is 4.90 Å². The molecule has 8 heteroatoms. The van der Waals surface area contributed by atoms with Gasteiger partial charge in [-0.25, -0.2) is 14.0 Å². The van der Waals surface area contributed by atoms with E-state index in [1.54, 1.807) is 51.1 Å². The number of amides is 1.